The molecule has 1 aromatic heterocycles. The lowest BCUT2D eigenvalue weighted by Crippen LogP contribution is -2.30. The van der Waals surface area contributed by atoms with E-state index in [1.54, 1.807) is 12.1 Å². The maximum atomic E-state index is 13.1. The van der Waals surface area contributed by atoms with Crippen LogP contribution in [-0.2, 0) is 4.79 Å². The van der Waals surface area contributed by atoms with E-state index < -0.39 is 0 Å². The number of thioether (sulfide) groups is 1. The van der Waals surface area contributed by atoms with Gasteiger partial charge in [-0.25, -0.2) is 9.07 Å². The Hall–Kier alpha value is -2.87. The number of nitrogens with zero attached hydrogens (tertiary/aromatic N) is 3. The standard InChI is InChI=1S/C20H22FN5OS/c1-2-6-17(14-7-4-3-5-8-14)23-18(27)13-28-20-25-24-19(26(20)22)15-9-11-16(21)12-10-15/h3-5,7-12,17H,2,6,13,22H2,1H3,(H,23,27)/t17-/m1/s1. The van der Waals surface area contributed by atoms with Crippen molar-refractivity contribution in [2.24, 2.45) is 0 Å². The number of nitrogens with one attached hydrogen (secondary N) is 1. The van der Waals surface area contributed by atoms with Crippen molar-refractivity contribution in [1.82, 2.24) is 20.2 Å². The number of nitrogen functional groups attached to an aromatic ring is 1. The summed E-state index contributed by atoms with van der Waals surface area (Å²) in [6.45, 7) is 2.09. The molecule has 0 fully saturated rings. The molecule has 8 heteroatoms. The third-order valence-electron chi connectivity index (χ3n) is 4.21. The molecule has 3 N–H and O–H groups in total. The van der Waals surface area contributed by atoms with Crippen LogP contribution in [0.5, 0.6) is 0 Å². The van der Waals surface area contributed by atoms with E-state index in [1.165, 1.54) is 28.6 Å². The molecule has 0 radical (unpaired) electrons. The third kappa shape index (κ3) is 4.89. The first kappa shape index (κ1) is 19.9. The van der Waals surface area contributed by atoms with Crippen molar-refractivity contribution < 1.29 is 9.18 Å². The third-order valence-corrected chi connectivity index (χ3v) is 5.16. The van der Waals surface area contributed by atoms with Crippen LogP contribution in [0.3, 0.4) is 0 Å². The topological polar surface area (TPSA) is 85.8 Å². The summed E-state index contributed by atoms with van der Waals surface area (Å²) in [5.74, 6) is 6.20. The Morgan fingerprint density at radius 2 is 1.89 bits per heavy atom. The van der Waals surface area contributed by atoms with Gasteiger partial charge in [0.05, 0.1) is 11.8 Å². The minimum atomic E-state index is -0.335. The molecule has 28 heavy (non-hydrogen) atoms. The maximum absolute atomic E-state index is 13.1. The van der Waals surface area contributed by atoms with Crippen LogP contribution in [0.4, 0.5) is 4.39 Å². The summed E-state index contributed by atoms with van der Waals surface area (Å²) < 4.78 is 14.4. The molecule has 0 saturated heterocycles. The van der Waals surface area contributed by atoms with Gasteiger partial charge < -0.3 is 11.2 Å². The first-order chi connectivity index (χ1) is 13.6. The van der Waals surface area contributed by atoms with E-state index in [0.29, 0.717) is 16.5 Å². The molecule has 0 aliphatic rings. The number of amides is 1. The number of halogens is 1. The molecule has 2 aromatic carbocycles. The largest absolute Gasteiger partial charge is 0.349 e. The summed E-state index contributed by atoms with van der Waals surface area (Å²) >= 11 is 1.21. The summed E-state index contributed by atoms with van der Waals surface area (Å²) in [6, 6.07) is 15.7. The summed E-state index contributed by atoms with van der Waals surface area (Å²) in [5.41, 5.74) is 1.74. The average molecular weight is 399 g/mol. The smallest absolute Gasteiger partial charge is 0.230 e. The Morgan fingerprint density at radius 1 is 1.18 bits per heavy atom. The molecule has 146 valence electrons. The molecular weight excluding hydrogens is 377 g/mol. The highest BCUT2D eigenvalue weighted by Gasteiger charge is 2.17. The van der Waals surface area contributed by atoms with Crippen LogP contribution in [0.1, 0.15) is 31.4 Å². The molecule has 0 saturated carbocycles. The van der Waals surface area contributed by atoms with Gasteiger partial charge in [0.1, 0.15) is 5.82 Å². The second-order valence-corrected chi connectivity index (χ2v) is 7.23. The van der Waals surface area contributed by atoms with Gasteiger partial charge in [0.25, 0.3) is 0 Å². The lowest BCUT2D eigenvalue weighted by Gasteiger charge is -2.18. The molecule has 0 spiro atoms. The van der Waals surface area contributed by atoms with Gasteiger partial charge in [-0.05, 0) is 36.2 Å². The van der Waals surface area contributed by atoms with E-state index in [1.807, 2.05) is 30.3 Å². The number of hydrogen-bond acceptors (Lipinski definition) is 5. The van der Waals surface area contributed by atoms with E-state index in [9.17, 15) is 9.18 Å². The van der Waals surface area contributed by atoms with Crippen LogP contribution < -0.4 is 11.2 Å². The molecule has 0 aliphatic carbocycles. The summed E-state index contributed by atoms with van der Waals surface area (Å²) in [7, 11) is 0. The van der Waals surface area contributed by atoms with Crippen molar-refractivity contribution in [1.29, 1.82) is 0 Å². The predicted octanol–water partition coefficient (Wildman–Crippen LogP) is 3.55. The van der Waals surface area contributed by atoms with Crippen LogP contribution >= 0.6 is 11.8 Å². The minimum absolute atomic E-state index is 0.0233. The zero-order valence-electron chi connectivity index (χ0n) is 15.5. The number of hydrogen-bond donors (Lipinski definition) is 2. The molecule has 3 aromatic rings. The maximum Gasteiger partial charge on any atom is 0.230 e. The first-order valence-electron chi connectivity index (χ1n) is 9.02. The van der Waals surface area contributed by atoms with E-state index in [-0.39, 0.29) is 23.5 Å². The van der Waals surface area contributed by atoms with Crippen molar-refractivity contribution >= 4 is 17.7 Å². The molecule has 0 aliphatic heterocycles. The second kappa shape index (κ2) is 9.36. The highest BCUT2D eigenvalue weighted by molar-refractivity contribution is 7.99. The van der Waals surface area contributed by atoms with Gasteiger partial charge in [-0.15, -0.1) is 10.2 Å². The number of benzene rings is 2. The number of carbonyl (C=O) groups is 1. The monoisotopic (exact) mass is 399 g/mol. The number of carbonyl (C=O) groups excluding carboxylic acids is 1. The lowest BCUT2D eigenvalue weighted by atomic mass is 10.0. The van der Waals surface area contributed by atoms with Crippen LogP contribution in [0.15, 0.2) is 59.8 Å². The van der Waals surface area contributed by atoms with Gasteiger partial charge in [0.2, 0.25) is 11.1 Å². The fourth-order valence-electron chi connectivity index (χ4n) is 2.83. The summed E-state index contributed by atoms with van der Waals surface area (Å²) in [4.78, 5) is 12.4. The predicted molar refractivity (Wildman–Crippen MR) is 109 cm³/mol. The summed E-state index contributed by atoms with van der Waals surface area (Å²) in [5, 5.41) is 11.6. The van der Waals surface area contributed by atoms with E-state index in [0.717, 1.165) is 18.4 Å². The number of aromatic nitrogens is 3. The van der Waals surface area contributed by atoms with Crippen molar-refractivity contribution in [2.75, 3.05) is 11.6 Å². The number of nitrogens with two attached hydrogens (primary N) is 1. The van der Waals surface area contributed by atoms with Crippen LogP contribution in [-0.4, -0.2) is 26.5 Å². The molecule has 0 unspecified atom stereocenters. The Morgan fingerprint density at radius 3 is 2.57 bits per heavy atom. The van der Waals surface area contributed by atoms with Gasteiger partial charge in [-0.2, -0.15) is 0 Å². The van der Waals surface area contributed by atoms with Gasteiger partial charge in [-0.1, -0.05) is 55.4 Å². The van der Waals surface area contributed by atoms with Crippen LogP contribution in [0, 0.1) is 5.82 Å². The molecule has 1 heterocycles. The van der Waals surface area contributed by atoms with Crippen molar-refractivity contribution in [3.63, 3.8) is 0 Å². The van der Waals surface area contributed by atoms with Crippen molar-refractivity contribution in [3.8, 4) is 11.4 Å². The highest BCUT2D eigenvalue weighted by Crippen LogP contribution is 2.23. The van der Waals surface area contributed by atoms with Gasteiger partial charge in [0.15, 0.2) is 5.82 Å². The fraction of sp³-hybridized carbons (Fsp3) is 0.250. The number of rotatable bonds is 8. The molecule has 1 amide bonds. The first-order valence-corrected chi connectivity index (χ1v) is 10.0. The average Bonchev–Trinajstić information content (AvgIpc) is 3.08. The van der Waals surface area contributed by atoms with Gasteiger partial charge in [-0.3, -0.25) is 4.79 Å². The van der Waals surface area contributed by atoms with Crippen LogP contribution in [0.2, 0.25) is 0 Å². The van der Waals surface area contributed by atoms with E-state index >= 15 is 0 Å². The van der Waals surface area contributed by atoms with Gasteiger partial charge in [0, 0.05) is 5.56 Å². The quantitative estimate of drug-likeness (QED) is 0.447. The Bertz CT molecular complexity index is 914. The minimum Gasteiger partial charge on any atom is -0.349 e. The Kier molecular flexibility index (Phi) is 6.65. The molecule has 1 atom stereocenters. The molecule has 0 bridgehead atoms. The van der Waals surface area contributed by atoms with Crippen LogP contribution in [0.25, 0.3) is 11.4 Å². The van der Waals surface area contributed by atoms with Crippen molar-refractivity contribution in [2.45, 2.75) is 31.0 Å². The van der Waals surface area contributed by atoms with E-state index in [4.69, 9.17) is 5.84 Å². The lowest BCUT2D eigenvalue weighted by molar-refractivity contribution is -0.119. The zero-order valence-corrected chi connectivity index (χ0v) is 16.3. The molecular formula is C20H22FN5OS. The second-order valence-electron chi connectivity index (χ2n) is 6.29. The SMILES string of the molecule is CCC[C@@H](NC(=O)CSc1nnc(-c2ccc(F)cc2)n1N)c1ccccc1. The van der Waals surface area contributed by atoms with Crippen molar-refractivity contribution in [3.05, 3.63) is 66.0 Å². The summed E-state index contributed by atoms with van der Waals surface area (Å²) in [6.07, 6.45) is 1.83. The van der Waals surface area contributed by atoms with E-state index in [2.05, 4.69) is 22.4 Å². The molecule has 6 nitrogen and oxygen atoms in total. The Labute approximate surface area is 167 Å². The normalized spacial score (nSPS) is 11.9. The molecule has 3 rings (SSSR count). The highest BCUT2D eigenvalue weighted by atomic mass is 32.2. The Balaban J connectivity index is 1.62. The fourth-order valence-corrected chi connectivity index (χ4v) is 3.50. The van der Waals surface area contributed by atoms with Gasteiger partial charge >= 0.3 is 0 Å². The zero-order chi connectivity index (χ0) is 19.9.